The van der Waals surface area contributed by atoms with E-state index in [9.17, 15) is 4.79 Å². The van der Waals surface area contributed by atoms with Gasteiger partial charge >= 0.3 is 5.97 Å². The first-order chi connectivity index (χ1) is 5.68. The van der Waals surface area contributed by atoms with Crippen molar-refractivity contribution in [2.75, 3.05) is 0 Å². The van der Waals surface area contributed by atoms with Crippen LogP contribution in [0.25, 0.3) is 0 Å². The summed E-state index contributed by atoms with van der Waals surface area (Å²) in [6.07, 6.45) is 3.81. The topological polar surface area (TPSA) is 55.1 Å². The molecule has 1 aromatic heterocycles. The fourth-order valence-corrected chi connectivity index (χ4v) is 1.67. The molecule has 4 nitrogen and oxygen atoms in total. The van der Waals surface area contributed by atoms with Crippen molar-refractivity contribution < 1.29 is 9.90 Å². The molecule has 0 unspecified atom stereocenters. The SMILES string of the molecule is O=C(O)c1cn(C2CC2)c(Br)n1. The van der Waals surface area contributed by atoms with Gasteiger partial charge in [0.2, 0.25) is 0 Å². The maximum atomic E-state index is 10.5. The molecule has 5 heteroatoms. The molecule has 0 amide bonds. The first kappa shape index (κ1) is 7.79. The predicted octanol–water partition coefficient (Wildman–Crippen LogP) is 1.68. The summed E-state index contributed by atoms with van der Waals surface area (Å²) in [5.74, 6) is -0.977. The summed E-state index contributed by atoms with van der Waals surface area (Å²) in [4.78, 5) is 14.4. The van der Waals surface area contributed by atoms with Crippen molar-refractivity contribution >= 4 is 21.9 Å². The van der Waals surface area contributed by atoms with E-state index in [0.29, 0.717) is 10.8 Å². The lowest BCUT2D eigenvalue weighted by Crippen LogP contribution is -1.95. The van der Waals surface area contributed by atoms with E-state index >= 15 is 0 Å². The molecule has 0 bridgehead atoms. The lowest BCUT2D eigenvalue weighted by molar-refractivity contribution is 0.0691. The van der Waals surface area contributed by atoms with Crippen molar-refractivity contribution in [2.24, 2.45) is 0 Å². The van der Waals surface area contributed by atoms with Gasteiger partial charge in [0.05, 0.1) is 0 Å². The number of aromatic nitrogens is 2. The van der Waals surface area contributed by atoms with Gasteiger partial charge in [-0.25, -0.2) is 9.78 Å². The standard InChI is InChI=1S/C7H7BrN2O2/c8-7-9-5(6(11)12)3-10(7)4-1-2-4/h3-4H,1-2H2,(H,11,12). The molecule has 1 N–H and O–H groups in total. The number of hydrogen-bond donors (Lipinski definition) is 1. The van der Waals surface area contributed by atoms with Crippen LogP contribution in [0.5, 0.6) is 0 Å². The smallest absolute Gasteiger partial charge is 0.356 e. The molecule has 0 saturated heterocycles. The average molecular weight is 231 g/mol. The minimum absolute atomic E-state index is 0.105. The second-order valence-corrected chi connectivity index (χ2v) is 3.55. The molecule has 0 atom stereocenters. The van der Waals surface area contributed by atoms with Gasteiger partial charge < -0.3 is 9.67 Å². The van der Waals surface area contributed by atoms with Crippen LogP contribution in [0.1, 0.15) is 29.4 Å². The maximum absolute atomic E-state index is 10.5. The number of carboxylic acid groups (broad SMARTS) is 1. The number of aromatic carboxylic acids is 1. The third-order valence-corrected chi connectivity index (χ3v) is 2.43. The molecular formula is C7H7BrN2O2. The number of rotatable bonds is 2. The second-order valence-electron chi connectivity index (χ2n) is 2.84. The van der Waals surface area contributed by atoms with E-state index in [-0.39, 0.29) is 5.69 Å². The number of carbonyl (C=O) groups is 1. The van der Waals surface area contributed by atoms with Gasteiger partial charge in [-0.05, 0) is 28.8 Å². The Morgan fingerprint density at radius 3 is 2.83 bits per heavy atom. The molecule has 64 valence electrons. The monoisotopic (exact) mass is 230 g/mol. The molecule has 0 aromatic carbocycles. The summed E-state index contributed by atoms with van der Waals surface area (Å²) in [6, 6.07) is 0.458. The van der Waals surface area contributed by atoms with Crippen molar-refractivity contribution in [2.45, 2.75) is 18.9 Å². The van der Waals surface area contributed by atoms with E-state index in [1.807, 2.05) is 4.57 Å². The summed E-state index contributed by atoms with van der Waals surface area (Å²) >= 11 is 3.21. The van der Waals surface area contributed by atoms with Crippen LogP contribution >= 0.6 is 15.9 Å². The highest BCUT2D eigenvalue weighted by Gasteiger charge is 2.26. The Bertz CT molecular complexity index is 330. The van der Waals surface area contributed by atoms with Gasteiger partial charge in [-0.1, -0.05) is 0 Å². The van der Waals surface area contributed by atoms with Crippen LogP contribution in [0.15, 0.2) is 10.9 Å². The molecule has 1 aromatic rings. The van der Waals surface area contributed by atoms with E-state index < -0.39 is 5.97 Å². The molecule has 1 aliphatic carbocycles. The fourth-order valence-electron chi connectivity index (χ4n) is 1.08. The van der Waals surface area contributed by atoms with Gasteiger partial charge in [0, 0.05) is 12.2 Å². The molecule has 12 heavy (non-hydrogen) atoms. The molecule has 0 spiro atoms. The minimum Gasteiger partial charge on any atom is -0.476 e. The zero-order chi connectivity index (χ0) is 8.72. The first-order valence-corrected chi connectivity index (χ1v) is 4.45. The third kappa shape index (κ3) is 1.24. The number of hydrogen-bond acceptors (Lipinski definition) is 2. The number of imidazole rings is 1. The van der Waals surface area contributed by atoms with E-state index in [1.165, 1.54) is 0 Å². The van der Waals surface area contributed by atoms with Gasteiger partial charge in [0.1, 0.15) is 0 Å². The maximum Gasteiger partial charge on any atom is 0.356 e. The van der Waals surface area contributed by atoms with Gasteiger partial charge in [-0.2, -0.15) is 0 Å². The summed E-state index contributed by atoms with van der Waals surface area (Å²) in [7, 11) is 0. The molecule has 0 radical (unpaired) electrons. The van der Waals surface area contributed by atoms with Crippen LogP contribution in [0, 0.1) is 0 Å². The van der Waals surface area contributed by atoms with Crippen LogP contribution in [-0.4, -0.2) is 20.6 Å². The van der Waals surface area contributed by atoms with E-state index in [0.717, 1.165) is 12.8 Å². The van der Waals surface area contributed by atoms with Crippen LogP contribution in [0.4, 0.5) is 0 Å². The number of halogens is 1. The third-order valence-electron chi connectivity index (χ3n) is 1.85. The summed E-state index contributed by atoms with van der Waals surface area (Å²) in [5, 5.41) is 8.63. The highest BCUT2D eigenvalue weighted by molar-refractivity contribution is 9.10. The summed E-state index contributed by atoms with van der Waals surface area (Å²) in [5.41, 5.74) is 0.105. The van der Waals surface area contributed by atoms with E-state index in [2.05, 4.69) is 20.9 Å². The Hall–Kier alpha value is -0.840. The van der Waals surface area contributed by atoms with Gasteiger partial charge in [0.15, 0.2) is 10.4 Å². The fraction of sp³-hybridized carbons (Fsp3) is 0.429. The van der Waals surface area contributed by atoms with E-state index in [4.69, 9.17) is 5.11 Å². The summed E-state index contributed by atoms with van der Waals surface area (Å²) < 4.78 is 2.48. The van der Waals surface area contributed by atoms with Gasteiger partial charge in [-0.3, -0.25) is 0 Å². The van der Waals surface area contributed by atoms with Crippen molar-refractivity contribution in [3.05, 3.63) is 16.6 Å². The highest BCUT2D eigenvalue weighted by Crippen LogP contribution is 2.37. The van der Waals surface area contributed by atoms with Gasteiger partial charge in [-0.15, -0.1) is 0 Å². The normalized spacial score (nSPS) is 16.4. The molecule has 0 aliphatic heterocycles. The van der Waals surface area contributed by atoms with Crippen LogP contribution in [0.3, 0.4) is 0 Å². The molecule has 1 aliphatic rings. The lowest BCUT2D eigenvalue weighted by atomic mass is 10.5. The van der Waals surface area contributed by atoms with Crippen LogP contribution < -0.4 is 0 Å². The molecule has 1 heterocycles. The number of nitrogens with zero attached hydrogens (tertiary/aromatic N) is 2. The molecular weight excluding hydrogens is 224 g/mol. The highest BCUT2D eigenvalue weighted by atomic mass is 79.9. The van der Waals surface area contributed by atoms with Crippen LogP contribution in [-0.2, 0) is 0 Å². The average Bonchev–Trinajstić information content (AvgIpc) is 2.75. The Morgan fingerprint density at radius 2 is 2.42 bits per heavy atom. The first-order valence-electron chi connectivity index (χ1n) is 3.66. The zero-order valence-corrected chi connectivity index (χ0v) is 7.78. The lowest BCUT2D eigenvalue weighted by Gasteiger charge is -1.96. The van der Waals surface area contributed by atoms with Crippen molar-refractivity contribution in [3.8, 4) is 0 Å². The summed E-state index contributed by atoms with van der Waals surface area (Å²) in [6.45, 7) is 0. The second kappa shape index (κ2) is 2.58. The van der Waals surface area contributed by atoms with Crippen LogP contribution in [0.2, 0.25) is 0 Å². The van der Waals surface area contributed by atoms with Crippen molar-refractivity contribution in [3.63, 3.8) is 0 Å². The Morgan fingerprint density at radius 1 is 1.75 bits per heavy atom. The molecule has 1 fully saturated rings. The predicted molar refractivity (Wildman–Crippen MR) is 45.2 cm³/mol. The zero-order valence-electron chi connectivity index (χ0n) is 6.20. The van der Waals surface area contributed by atoms with E-state index in [1.54, 1.807) is 6.20 Å². The Labute approximate surface area is 77.3 Å². The Balaban J connectivity index is 2.36. The minimum atomic E-state index is -0.977. The largest absolute Gasteiger partial charge is 0.476 e. The molecule has 1 saturated carbocycles. The van der Waals surface area contributed by atoms with Crippen molar-refractivity contribution in [1.82, 2.24) is 9.55 Å². The Kier molecular flexibility index (Phi) is 1.68. The van der Waals surface area contributed by atoms with Gasteiger partial charge in [0.25, 0.3) is 0 Å². The quantitative estimate of drug-likeness (QED) is 0.842. The van der Waals surface area contributed by atoms with Crippen molar-refractivity contribution in [1.29, 1.82) is 0 Å². The molecule has 2 rings (SSSR count). The number of carboxylic acids is 1.